The van der Waals surface area contributed by atoms with Crippen LogP contribution in [0.4, 0.5) is 0 Å². The molecule has 0 fully saturated rings. The molecule has 0 aliphatic carbocycles. The number of carbonyl (C=O) groups excluding carboxylic acids is 1. The zero-order valence-electron chi connectivity index (χ0n) is 11.0. The standard InChI is InChI=1S/C13H19N5O2/c14-11(19)10(7-4-8-17-13(15)16)18-12(20)9-5-2-1-3-6-9/h1-3,5-6,19H,4,7-8,14H2,(H,18,20)(H4,15,16,17). The molecule has 0 bridgehead atoms. The van der Waals surface area contributed by atoms with Crippen molar-refractivity contribution in [2.24, 2.45) is 22.2 Å². The monoisotopic (exact) mass is 277 g/mol. The molecule has 108 valence electrons. The topological polar surface area (TPSA) is 140 Å². The number of hydrogen-bond donors (Lipinski definition) is 5. The van der Waals surface area contributed by atoms with Gasteiger partial charge in [-0.15, -0.1) is 0 Å². The van der Waals surface area contributed by atoms with E-state index in [-0.39, 0.29) is 17.6 Å². The number of nitrogens with two attached hydrogens (primary N) is 3. The van der Waals surface area contributed by atoms with E-state index < -0.39 is 5.88 Å². The van der Waals surface area contributed by atoms with Gasteiger partial charge in [0.15, 0.2) is 5.96 Å². The van der Waals surface area contributed by atoms with Gasteiger partial charge in [-0.2, -0.15) is 0 Å². The van der Waals surface area contributed by atoms with Crippen LogP contribution in [0.2, 0.25) is 0 Å². The first kappa shape index (κ1) is 15.4. The van der Waals surface area contributed by atoms with Crippen molar-refractivity contribution in [1.82, 2.24) is 5.32 Å². The minimum absolute atomic E-state index is 0.000760. The molecule has 8 N–H and O–H groups in total. The predicted octanol–water partition coefficient (Wildman–Crippen LogP) is 0.156. The van der Waals surface area contributed by atoms with Gasteiger partial charge < -0.3 is 27.6 Å². The average Bonchev–Trinajstić information content (AvgIpc) is 2.42. The number of hydrogen-bond acceptors (Lipinski definition) is 4. The van der Waals surface area contributed by atoms with Crippen LogP contribution in [0.15, 0.2) is 46.9 Å². The van der Waals surface area contributed by atoms with Crippen LogP contribution in [-0.4, -0.2) is 23.5 Å². The van der Waals surface area contributed by atoms with Crippen molar-refractivity contribution in [2.45, 2.75) is 12.8 Å². The van der Waals surface area contributed by atoms with Crippen LogP contribution in [0.5, 0.6) is 0 Å². The number of rotatable bonds is 6. The van der Waals surface area contributed by atoms with Crippen LogP contribution < -0.4 is 22.5 Å². The molecule has 7 heteroatoms. The highest BCUT2D eigenvalue weighted by molar-refractivity contribution is 5.95. The smallest absolute Gasteiger partial charge is 0.255 e. The number of amides is 1. The van der Waals surface area contributed by atoms with Crippen molar-refractivity contribution in [1.29, 1.82) is 0 Å². The van der Waals surface area contributed by atoms with Crippen LogP contribution in [-0.2, 0) is 0 Å². The highest BCUT2D eigenvalue weighted by Crippen LogP contribution is 2.06. The Morgan fingerprint density at radius 2 is 1.85 bits per heavy atom. The Labute approximate surface area is 117 Å². The van der Waals surface area contributed by atoms with Gasteiger partial charge in [-0.3, -0.25) is 9.79 Å². The van der Waals surface area contributed by atoms with E-state index in [1.165, 1.54) is 0 Å². The first-order chi connectivity index (χ1) is 9.50. The summed E-state index contributed by atoms with van der Waals surface area (Å²) in [7, 11) is 0. The van der Waals surface area contributed by atoms with E-state index in [0.717, 1.165) is 0 Å². The van der Waals surface area contributed by atoms with Crippen LogP contribution in [0.25, 0.3) is 0 Å². The summed E-state index contributed by atoms with van der Waals surface area (Å²) in [6, 6.07) is 8.64. The third kappa shape index (κ3) is 5.30. The number of allylic oxidation sites excluding steroid dienone is 1. The van der Waals surface area contributed by atoms with Crippen molar-refractivity contribution >= 4 is 11.9 Å². The van der Waals surface area contributed by atoms with Crippen molar-refractivity contribution < 1.29 is 9.90 Å². The molecule has 0 radical (unpaired) electrons. The number of nitrogens with zero attached hydrogens (tertiary/aromatic N) is 1. The van der Waals surface area contributed by atoms with Gasteiger partial charge in [0.2, 0.25) is 5.88 Å². The summed E-state index contributed by atoms with van der Waals surface area (Å²) in [5.41, 5.74) is 16.5. The van der Waals surface area contributed by atoms with Gasteiger partial charge >= 0.3 is 0 Å². The van der Waals surface area contributed by atoms with Crippen molar-refractivity contribution in [2.75, 3.05) is 6.54 Å². The Morgan fingerprint density at radius 1 is 1.20 bits per heavy atom. The molecule has 0 saturated carbocycles. The summed E-state index contributed by atoms with van der Waals surface area (Å²) in [6.45, 7) is 0.389. The quantitative estimate of drug-likeness (QED) is 0.218. The molecule has 0 aliphatic rings. The largest absolute Gasteiger partial charge is 0.494 e. The Bertz CT molecular complexity index is 503. The molecule has 0 aromatic heterocycles. The molecule has 0 saturated heterocycles. The second kappa shape index (κ2) is 7.67. The summed E-state index contributed by atoms with van der Waals surface area (Å²) in [5.74, 6) is -0.751. The van der Waals surface area contributed by atoms with Crippen LogP contribution >= 0.6 is 0 Å². The van der Waals surface area contributed by atoms with Gasteiger partial charge in [0.25, 0.3) is 5.91 Å². The fourth-order valence-corrected chi connectivity index (χ4v) is 1.52. The van der Waals surface area contributed by atoms with Crippen molar-refractivity contribution in [3.8, 4) is 0 Å². The minimum atomic E-state index is -0.418. The lowest BCUT2D eigenvalue weighted by Gasteiger charge is -2.10. The minimum Gasteiger partial charge on any atom is -0.494 e. The van der Waals surface area contributed by atoms with E-state index in [1.54, 1.807) is 24.3 Å². The molecule has 0 heterocycles. The second-order valence-electron chi connectivity index (χ2n) is 4.09. The van der Waals surface area contributed by atoms with E-state index in [0.29, 0.717) is 24.9 Å². The average molecular weight is 277 g/mol. The molecule has 1 aromatic carbocycles. The van der Waals surface area contributed by atoms with E-state index >= 15 is 0 Å². The summed E-state index contributed by atoms with van der Waals surface area (Å²) in [4.78, 5) is 15.7. The third-order valence-corrected chi connectivity index (χ3v) is 2.49. The lowest BCUT2D eigenvalue weighted by atomic mass is 10.2. The van der Waals surface area contributed by atoms with Crippen LogP contribution in [0, 0.1) is 0 Å². The predicted molar refractivity (Wildman–Crippen MR) is 77.7 cm³/mol. The molecular weight excluding hydrogens is 258 g/mol. The molecule has 20 heavy (non-hydrogen) atoms. The Balaban J connectivity index is 2.59. The van der Waals surface area contributed by atoms with Gasteiger partial charge in [-0.1, -0.05) is 18.2 Å². The zero-order chi connectivity index (χ0) is 15.0. The fourth-order valence-electron chi connectivity index (χ4n) is 1.52. The van der Waals surface area contributed by atoms with Gasteiger partial charge in [-0.05, 0) is 25.0 Å². The SMILES string of the molecule is NC(N)=NCCCC(NC(=O)c1ccccc1)=C(N)O. The number of benzene rings is 1. The van der Waals surface area contributed by atoms with E-state index in [2.05, 4.69) is 10.3 Å². The summed E-state index contributed by atoms with van der Waals surface area (Å²) < 4.78 is 0. The van der Waals surface area contributed by atoms with Crippen molar-refractivity contribution in [3.63, 3.8) is 0 Å². The van der Waals surface area contributed by atoms with Gasteiger partial charge in [0, 0.05) is 12.1 Å². The maximum atomic E-state index is 11.9. The van der Waals surface area contributed by atoms with Crippen LogP contribution in [0.3, 0.4) is 0 Å². The Morgan fingerprint density at radius 3 is 2.40 bits per heavy atom. The zero-order valence-corrected chi connectivity index (χ0v) is 11.0. The molecule has 0 atom stereocenters. The molecule has 1 amide bonds. The van der Waals surface area contributed by atoms with E-state index in [9.17, 15) is 9.90 Å². The highest BCUT2D eigenvalue weighted by atomic mass is 16.3. The Hall–Kier alpha value is -2.70. The van der Waals surface area contributed by atoms with Gasteiger partial charge in [0.05, 0.1) is 5.70 Å². The first-order valence-electron chi connectivity index (χ1n) is 6.10. The normalized spacial score (nSPS) is 11.4. The molecule has 1 aromatic rings. The highest BCUT2D eigenvalue weighted by Gasteiger charge is 2.10. The number of aliphatic hydroxyl groups excluding tert-OH is 1. The number of nitrogens with one attached hydrogen (secondary N) is 1. The fraction of sp³-hybridized carbons (Fsp3) is 0.231. The van der Waals surface area contributed by atoms with Crippen molar-refractivity contribution in [3.05, 3.63) is 47.5 Å². The Kier molecular flexibility index (Phi) is 5.89. The third-order valence-electron chi connectivity index (χ3n) is 2.49. The van der Waals surface area contributed by atoms with Crippen LogP contribution in [0.1, 0.15) is 23.2 Å². The van der Waals surface area contributed by atoms with Gasteiger partial charge in [0.1, 0.15) is 0 Å². The number of carbonyl (C=O) groups is 1. The molecule has 7 nitrogen and oxygen atoms in total. The summed E-state index contributed by atoms with van der Waals surface area (Å²) in [5, 5.41) is 11.9. The van der Waals surface area contributed by atoms with Gasteiger partial charge in [-0.25, -0.2) is 0 Å². The number of aliphatic hydroxyl groups is 1. The molecule has 1 rings (SSSR count). The number of aliphatic imine (C=N–C) groups is 1. The maximum absolute atomic E-state index is 11.9. The molecule has 0 unspecified atom stereocenters. The lowest BCUT2D eigenvalue weighted by molar-refractivity contribution is 0.0962. The van der Waals surface area contributed by atoms with E-state index in [1.807, 2.05) is 6.07 Å². The second-order valence-corrected chi connectivity index (χ2v) is 4.09. The first-order valence-corrected chi connectivity index (χ1v) is 6.10. The molecule has 0 spiro atoms. The summed E-state index contributed by atoms with van der Waals surface area (Å²) >= 11 is 0. The molecular formula is C13H19N5O2. The maximum Gasteiger partial charge on any atom is 0.255 e. The lowest BCUT2D eigenvalue weighted by Crippen LogP contribution is -2.26. The molecule has 0 aliphatic heterocycles. The number of guanidine groups is 1. The summed E-state index contributed by atoms with van der Waals surface area (Å²) in [6.07, 6.45) is 0.904. The van der Waals surface area contributed by atoms with E-state index in [4.69, 9.17) is 17.2 Å².